The minimum atomic E-state index is -0.910. The van der Waals surface area contributed by atoms with Gasteiger partial charge in [0.25, 0.3) is 0 Å². The number of nitrogens with one attached hydrogen (secondary N) is 2. The lowest BCUT2D eigenvalue weighted by Gasteiger charge is -2.27. The predicted octanol–water partition coefficient (Wildman–Crippen LogP) is 3.60. The molecule has 1 aliphatic carbocycles. The maximum Gasteiger partial charge on any atom is 0.409 e. The number of rotatable bonds is 7. The van der Waals surface area contributed by atoms with Gasteiger partial charge in [0, 0.05) is 52.4 Å². The van der Waals surface area contributed by atoms with Crippen LogP contribution in [-0.4, -0.2) is 78.7 Å². The summed E-state index contributed by atoms with van der Waals surface area (Å²) in [4.78, 5) is 68.5. The number of hydrogen-bond acceptors (Lipinski definition) is 6. The Morgan fingerprint density at radius 1 is 1.07 bits per heavy atom. The molecule has 0 aromatic heterocycles. The van der Waals surface area contributed by atoms with Crippen molar-refractivity contribution in [2.45, 2.75) is 83.4 Å². The minimum absolute atomic E-state index is 0.00871. The summed E-state index contributed by atoms with van der Waals surface area (Å²) in [6.07, 6.45) is 8.46. The second-order valence-corrected chi connectivity index (χ2v) is 12.5. The number of nitrogens with zero attached hydrogens (tertiary/aromatic N) is 2. The highest BCUT2D eigenvalue weighted by Crippen LogP contribution is 2.57. The summed E-state index contributed by atoms with van der Waals surface area (Å²) in [7, 11) is 3.18. The second kappa shape index (κ2) is 14.7. The van der Waals surface area contributed by atoms with E-state index in [2.05, 4.69) is 22.8 Å². The Morgan fingerprint density at radius 3 is 2.58 bits per heavy atom. The van der Waals surface area contributed by atoms with Crippen LogP contribution >= 0.6 is 0 Å². The Balaban J connectivity index is 1.43. The van der Waals surface area contributed by atoms with Crippen molar-refractivity contribution in [3.05, 3.63) is 48.0 Å². The van der Waals surface area contributed by atoms with Crippen LogP contribution in [0.3, 0.4) is 0 Å². The standard InChI is InChI=1S/C33H46N4O6/c1-23-12-8-5-4-6-11-15-25-19-33(25,31(41)34-17-16-29(39)35-21-24-13-9-7-10-14-24)20-28(38)27-18-26(22-37(27)30(23)40)43-32(42)36(2)3/h7,9-11,13-15,23,25-27H,4-6,8,12,16-22H2,1-3H3,(H,34,41)(H,35,39)/b15-11-/t23-,25+,26+,27-,33+/m0/s1. The Morgan fingerprint density at radius 2 is 1.84 bits per heavy atom. The molecule has 2 fully saturated rings. The molecule has 3 aliphatic rings. The molecule has 0 unspecified atom stereocenters. The number of ketones is 1. The molecule has 1 saturated carbocycles. The van der Waals surface area contributed by atoms with Crippen LogP contribution < -0.4 is 10.6 Å². The molecule has 1 saturated heterocycles. The summed E-state index contributed by atoms with van der Waals surface area (Å²) in [5.74, 6) is -1.04. The fourth-order valence-corrected chi connectivity index (χ4v) is 6.15. The van der Waals surface area contributed by atoms with Gasteiger partial charge in [-0.05, 0) is 37.2 Å². The molecule has 0 radical (unpaired) electrons. The number of hydrogen-bond donors (Lipinski definition) is 2. The first-order chi connectivity index (χ1) is 20.6. The molecule has 5 atom stereocenters. The Labute approximate surface area is 254 Å². The number of carbonyl (C=O) groups excluding carboxylic acids is 5. The van der Waals surface area contributed by atoms with Gasteiger partial charge in [-0.3, -0.25) is 19.2 Å². The van der Waals surface area contributed by atoms with Gasteiger partial charge in [-0.15, -0.1) is 0 Å². The second-order valence-electron chi connectivity index (χ2n) is 12.5. The van der Waals surface area contributed by atoms with E-state index in [4.69, 9.17) is 4.74 Å². The number of carbonyl (C=O) groups is 5. The molecule has 4 rings (SSSR count). The smallest absolute Gasteiger partial charge is 0.409 e. The quantitative estimate of drug-likeness (QED) is 0.465. The first-order valence-electron chi connectivity index (χ1n) is 15.6. The third kappa shape index (κ3) is 8.45. The van der Waals surface area contributed by atoms with Crippen molar-refractivity contribution in [3.8, 4) is 0 Å². The summed E-state index contributed by atoms with van der Waals surface area (Å²) in [5.41, 5.74) is 0.0837. The van der Waals surface area contributed by atoms with E-state index in [-0.39, 0.29) is 67.7 Å². The van der Waals surface area contributed by atoms with E-state index in [1.165, 1.54) is 4.90 Å². The van der Waals surface area contributed by atoms with Gasteiger partial charge >= 0.3 is 6.09 Å². The van der Waals surface area contributed by atoms with E-state index in [9.17, 15) is 24.0 Å². The molecule has 10 heteroatoms. The highest BCUT2D eigenvalue weighted by molar-refractivity contribution is 5.97. The SMILES string of the molecule is C[C@H]1CCCCC/C=C\[C@@H]2C[C@@]2(C(=O)NCCC(=O)NCc2ccccc2)CC(=O)[C@@H]2C[C@@H](OC(=O)N(C)C)CN2C1=O. The molecule has 43 heavy (non-hydrogen) atoms. The van der Waals surface area contributed by atoms with Gasteiger partial charge in [0.1, 0.15) is 6.10 Å². The van der Waals surface area contributed by atoms with E-state index in [0.29, 0.717) is 13.0 Å². The average molecular weight is 595 g/mol. The van der Waals surface area contributed by atoms with Crippen LogP contribution in [0.5, 0.6) is 0 Å². The molecular formula is C33H46N4O6. The maximum atomic E-state index is 13.9. The third-order valence-corrected chi connectivity index (χ3v) is 8.89. The zero-order valence-corrected chi connectivity index (χ0v) is 25.7. The number of Topliss-reactive ketones (excluding diaryl/α,β-unsaturated/α-hetero) is 1. The molecule has 2 N–H and O–H groups in total. The number of benzene rings is 1. The topological polar surface area (TPSA) is 125 Å². The van der Waals surface area contributed by atoms with Crippen LogP contribution in [0.1, 0.15) is 70.3 Å². The van der Waals surface area contributed by atoms with Gasteiger partial charge < -0.3 is 25.2 Å². The van der Waals surface area contributed by atoms with Crippen LogP contribution in [-0.2, 0) is 30.5 Å². The van der Waals surface area contributed by atoms with Crippen LogP contribution in [0, 0.1) is 17.3 Å². The molecule has 0 spiro atoms. The lowest BCUT2D eigenvalue weighted by atomic mass is 9.90. The summed E-state index contributed by atoms with van der Waals surface area (Å²) in [5, 5.41) is 5.78. The monoisotopic (exact) mass is 594 g/mol. The third-order valence-electron chi connectivity index (χ3n) is 8.89. The lowest BCUT2D eigenvalue weighted by Crippen LogP contribution is -2.45. The zero-order valence-electron chi connectivity index (χ0n) is 25.7. The molecule has 234 valence electrons. The fourth-order valence-electron chi connectivity index (χ4n) is 6.15. The summed E-state index contributed by atoms with van der Waals surface area (Å²) >= 11 is 0. The van der Waals surface area contributed by atoms with Gasteiger partial charge in [0.05, 0.1) is 18.0 Å². The van der Waals surface area contributed by atoms with E-state index in [0.717, 1.165) is 37.7 Å². The lowest BCUT2D eigenvalue weighted by molar-refractivity contribution is -0.142. The van der Waals surface area contributed by atoms with E-state index >= 15 is 0 Å². The van der Waals surface area contributed by atoms with Crippen LogP contribution in [0.25, 0.3) is 0 Å². The zero-order chi connectivity index (χ0) is 31.0. The highest BCUT2D eigenvalue weighted by atomic mass is 16.6. The van der Waals surface area contributed by atoms with Gasteiger partial charge in [0.15, 0.2) is 5.78 Å². The Bertz CT molecular complexity index is 1200. The van der Waals surface area contributed by atoms with Crippen LogP contribution in [0.4, 0.5) is 4.79 Å². The van der Waals surface area contributed by atoms with E-state index in [1.807, 2.05) is 37.3 Å². The van der Waals surface area contributed by atoms with E-state index < -0.39 is 23.7 Å². The first-order valence-corrected chi connectivity index (χ1v) is 15.6. The maximum absolute atomic E-state index is 13.9. The van der Waals surface area contributed by atoms with Crippen molar-refractivity contribution in [1.29, 1.82) is 0 Å². The van der Waals surface area contributed by atoms with Gasteiger partial charge in [-0.2, -0.15) is 0 Å². The number of allylic oxidation sites excluding steroid dienone is 2. The summed E-state index contributed by atoms with van der Waals surface area (Å²) in [6, 6.07) is 8.85. The largest absolute Gasteiger partial charge is 0.444 e. The fraction of sp³-hybridized carbons (Fsp3) is 0.606. The molecule has 0 bridgehead atoms. The van der Waals surface area contributed by atoms with Crippen molar-refractivity contribution >= 4 is 29.6 Å². The molecule has 1 aromatic carbocycles. The predicted molar refractivity (Wildman–Crippen MR) is 162 cm³/mol. The van der Waals surface area contributed by atoms with Crippen molar-refractivity contribution in [3.63, 3.8) is 0 Å². The molecule has 2 aliphatic heterocycles. The Kier molecular flexibility index (Phi) is 11.0. The molecule has 4 amide bonds. The molecule has 1 aromatic rings. The average Bonchev–Trinajstić information content (AvgIpc) is 3.52. The van der Waals surface area contributed by atoms with Crippen molar-refractivity contribution in [2.24, 2.45) is 17.3 Å². The normalized spacial score (nSPS) is 28.4. The van der Waals surface area contributed by atoms with Gasteiger partial charge in [0.2, 0.25) is 17.7 Å². The van der Waals surface area contributed by atoms with Gasteiger partial charge in [-0.1, -0.05) is 62.2 Å². The number of ether oxygens (including phenoxy) is 1. The summed E-state index contributed by atoms with van der Waals surface area (Å²) in [6.45, 7) is 2.64. The van der Waals surface area contributed by atoms with Crippen molar-refractivity contribution in [2.75, 3.05) is 27.2 Å². The van der Waals surface area contributed by atoms with Crippen molar-refractivity contribution < 1.29 is 28.7 Å². The molecular weight excluding hydrogens is 548 g/mol. The van der Waals surface area contributed by atoms with Crippen LogP contribution in [0.15, 0.2) is 42.5 Å². The molecule has 10 nitrogen and oxygen atoms in total. The van der Waals surface area contributed by atoms with E-state index in [1.54, 1.807) is 19.0 Å². The number of amides is 4. The molecule has 2 heterocycles. The van der Waals surface area contributed by atoms with Crippen LogP contribution in [0.2, 0.25) is 0 Å². The van der Waals surface area contributed by atoms with Crippen molar-refractivity contribution in [1.82, 2.24) is 20.4 Å². The highest BCUT2D eigenvalue weighted by Gasteiger charge is 2.60. The first kappa shape index (κ1) is 32.2. The Hall–Kier alpha value is -3.69. The number of fused-ring (bicyclic) bond motifs is 2. The summed E-state index contributed by atoms with van der Waals surface area (Å²) < 4.78 is 5.59. The van der Waals surface area contributed by atoms with Gasteiger partial charge in [-0.25, -0.2) is 4.79 Å². The minimum Gasteiger partial charge on any atom is -0.444 e.